The SMILES string of the molecule is CC(C)Sc1ccccc1C(=O)NCC(c1ccccc1)N(C)C. The molecule has 1 N–H and O–H groups in total. The summed E-state index contributed by atoms with van der Waals surface area (Å²) in [6.45, 7) is 4.85. The average molecular weight is 343 g/mol. The van der Waals surface area contributed by atoms with Crippen molar-refractivity contribution in [2.24, 2.45) is 0 Å². The fourth-order valence-electron chi connectivity index (χ4n) is 2.57. The van der Waals surface area contributed by atoms with Gasteiger partial charge in [0.25, 0.3) is 5.91 Å². The molecular weight excluding hydrogens is 316 g/mol. The largest absolute Gasteiger partial charge is 0.350 e. The van der Waals surface area contributed by atoms with Crippen LogP contribution in [0.5, 0.6) is 0 Å². The van der Waals surface area contributed by atoms with Gasteiger partial charge in [0, 0.05) is 16.7 Å². The van der Waals surface area contributed by atoms with Crippen LogP contribution in [0.1, 0.15) is 35.8 Å². The Morgan fingerprint density at radius 3 is 2.29 bits per heavy atom. The monoisotopic (exact) mass is 342 g/mol. The van der Waals surface area contributed by atoms with Crippen LogP contribution in [0.25, 0.3) is 0 Å². The molecule has 24 heavy (non-hydrogen) atoms. The Morgan fingerprint density at radius 1 is 1.04 bits per heavy atom. The number of amides is 1. The first-order valence-electron chi connectivity index (χ1n) is 8.24. The molecule has 2 aromatic rings. The molecular formula is C20H26N2OS. The molecule has 0 fully saturated rings. The molecule has 0 radical (unpaired) electrons. The van der Waals surface area contributed by atoms with Crippen molar-refractivity contribution in [2.45, 2.75) is 30.0 Å². The van der Waals surface area contributed by atoms with Crippen molar-refractivity contribution >= 4 is 17.7 Å². The second-order valence-corrected chi connectivity index (χ2v) is 7.88. The third-order valence-corrected chi connectivity index (χ3v) is 4.84. The molecule has 1 unspecified atom stereocenters. The Morgan fingerprint density at radius 2 is 1.67 bits per heavy atom. The molecule has 1 atom stereocenters. The molecule has 0 aliphatic heterocycles. The molecule has 0 bridgehead atoms. The third-order valence-electron chi connectivity index (χ3n) is 3.76. The highest BCUT2D eigenvalue weighted by atomic mass is 32.2. The Kier molecular flexibility index (Phi) is 6.88. The summed E-state index contributed by atoms with van der Waals surface area (Å²) in [4.78, 5) is 15.8. The predicted molar refractivity (Wildman–Crippen MR) is 103 cm³/mol. The van der Waals surface area contributed by atoms with Crippen LogP contribution in [0, 0.1) is 0 Å². The van der Waals surface area contributed by atoms with E-state index in [1.165, 1.54) is 5.56 Å². The molecule has 0 saturated heterocycles. The lowest BCUT2D eigenvalue weighted by molar-refractivity contribution is 0.0939. The van der Waals surface area contributed by atoms with Crippen molar-refractivity contribution in [3.8, 4) is 0 Å². The number of nitrogens with one attached hydrogen (secondary N) is 1. The van der Waals surface area contributed by atoms with Crippen molar-refractivity contribution < 1.29 is 4.79 Å². The van der Waals surface area contributed by atoms with Gasteiger partial charge in [0.15, 0.2) is 0 Å². The lowest BCUT2D eigenvalue weighted by Crippen LogP contribution is -2.34. The molecule has 128 valence electrons. The van der Waals surface area contributed by atoms with Crippen molar-refractivity contribution in [2.75, 3.05) is 20.6 Å². The summed E-state index contributed by atoms with van der Waals surface area (Å²) in [5.41, 5.74) is 1.95. The van der Waals surface area contributed by atoms with Gasteiger partial charge in [-0.3, -0.25) is 4.79 Å². The van der Waals surface area contributed by atoms with E-state index in [4.69, 9.17) is 0 Å². The van der Waals surface area contributed by atoms with Crippen LogP contribution in [0.15, 0.2) is 59.5 Å². The minimum atomic E-state index is -0.0125. The maximum Gasteiger partial charge on any atom is 0.252 e. The van der Waals surface area contributed by atoms with Crippen LogP contribution < -0.4 is 5.32 Å². The molecule has 4 heteroatoms. The highest BCUT2D eigenvalue weighted by Gasteiger charge is 2.17. The fraction of sp³-hybridized carbons (Fsp3) is 0.350. The van der Waals surface area contributed by atoms with E-state index in [1.807, 2.05) is 56.6 Å². The van der Waals surface area contributed by atoms with Gasteiger partial charge in [0.05, 0.1) is 11.6 Å². The van der Waals surface area contributed by atoms with E-state index in [9.17, 15) is 4.79 Å². The number of benzene rings is 2. The maximum atomic E-state index is 12.7. The van der Waals surface area contributed by atoms with Crippen molar-refractivity contribution in [3.05, 3.63) is 65.7 Å². The summed E-state index contributed by atoms with van der Waals surface area (Å²) >= 11 is 1.72. The zero-order valence-corrected chi connectivity index (χ0v) is 15.6. The van der Waals surface area contributed by atoms with E-state index in [2.05, 4.69) is 36.2 Å². The first-order valence-corrected chi connectivity index (χ1v) is 9.12. The molecule has 3 nitrogen and oxygen atoms in total. The van der Waals surface area contributed by atoms with Crippen LogP contribution in [0.2, 0.25) is 0 Å². The van der Waals surface area contributed by atoms with Crippen molar-refractivity contribution in [1.29, 1.82) is 0 Å². The quantitative estimate of drug-likeness (QED) is 0.765. The minimum Gasteiger partial charge on any atom is -0.350 e. The van der Waals surface area contributed by atoms with Gasteiger partial charge < -0.3 is 10.2 Å². The Hall–Kier alpha value is -1.78. The van der Waals surface area contributed by atoms with Crippen molar-refractivity contribution in [3.63, 3.8) is 0 Å². The zero-order chi connectivity index (χ0) is 17.5. The maximum absolute atomic E-state index is 12.7. The van der Waals surface area contributed by atoms with Gasteiger partial charge >= 0.3 is 0 Å². The van der Waals surface area contributed by atoms with E-state index in [0.29, 0.717) is 11.8 Å². The second kappa shape index (κ2) is 8.90. The smallest absolute Gasteiger partial charge is 0.252 e. The molecule has 0 heterocycles. The summed E-state index contributed by atoms with van der Waals surface area (Å²) in [5.74, 6) is -0.0125. The standard InChI is InChI=1S/C20H26N2OS/c1-15(2)24-19-13-9-8-12-17(19)20(23)21-14-18(22(3)4)16-10-6-5-7-11-16/h5-13,15,18H,14H2,1-4H3,(H,21,23). The lowest BCUT2D eigenvalue weighted by atomic mass is 10.1. The normalized spacial score (nSPS) is 12.4. The molecule has 0 saturated carbocycles. The van der Waals surface area contributed by atoms with Gasteiger partial charge in [-0.05, 0) is 31.8 Å². The number of thioether (sulfide) groups is 1. The van der Waals surface area contributed by atoms with Crippen LogP contribution in [-0.2, 0) is 0 Å². The number of rotatable bonds is 7. The summed E-state index contributed by atoms with van der Waals surface area (Å²) in [5, 5.41) is 3.54. The lowest BCUT2D eigenvalue weighted by Gasteiger charge is -2.25. The molecule has 0 aliphatic carbocycles. The summed E-state index contributed by atoms with van der Waals surface area (Å²) < 4.78 is 0. The van der Waals surface area contributed by atoms with Gasteiger partial charge in [-0.25, -0.2) is 0 Å². The first-order chi connectivity index (χ1) is 11.5. The van der Waals surface area contributed by atoms with Crippen molar-refractivity contribution in [1.82, 2.24) is 10.2 Å². The Bertz CT molecular complexity index is 656. The molecule has 2 rings (SSSR count). The highest BCUT2D eigenvalue weighted by Crippen LogP contribution is 2.26. The van der Waals surface area contributed by atoms with Crippen LogP contribution in [-0.4, -0.2) is 36.7 Å². The van der Waals surface area contributed by atoms with E-state index < -0.39 is 0 Å². The van der Waals surface area contributed by atoms with Gasteiger partial charge in [-0.1, -0.05) is 56.3 Å². The summed E-state index contributed by atoms with van der Waals surface area (Å²) in [7, 11) is 4.07. The number of likely N-dealkylation sites (N-methyl/N-ethyl adjacent to an activating group) is 1. The minimum absolute atomic E-state index is 0.0125. The first kappa shape index (κ1) is 18.6. The van der Waals surface area contributed by atoms with E-state index in [-0.39, 0.29) is 11.9 Å². The topological polar surface area (TPSA) is 32.3 Å². The summed E-state index contributed by atoms with van der Waals surface area (Å²) in [6, 6.07) is 18.2. The van der Waals surface area contributed by atoms with E-state index in [1.54, 1.807) is 11.8 Å². The molecule has 2 aromatic carbocycles. The van der Waals surface area contributed by atoms with Crippen LogP contribution >= 0.6 is 11.8 Å². The zero-order valence-electron chi connectivity index (χ0n) is 14.8. The third kappa shape index (κ3) is 5.11. The van der Waals surface area contributed by atoms with E-state index >= 15 is 0 Å². The average Bonchev–Trinajstić information content (AvgIpc) is 2.55. The fourth-order valence-corrected chi connectivity index (χ4v) is 3.52. The summed E-state index contributed by atoms with van der Waals surface area (Å²) in [6.07, 6.45) is 0. The Balaban J connectivity index is 2.09. The number of hydrogen-bond acceptors (Lipinski definition) is 3. The molecule has 1 amide bonds. The highest BCUT2D eigenvalue weighted by molar-refractivity contribution is 8.00. The number of hydrogen-bond donors (Lipinski definition) is 1. The molecule has 0 aromatic heterocycles. The van der Waals surface area contributed by atoms with Gasteiger partial charge in [0.2, 0.25) is 0 Å². The number of carbonyl (C=O) groups excluding carboxylic acids is 1. The van der Waals surface area contributed by atoms with Crippen LogP contribution in [0.3, 0.4) is 0 Å². The predicted octanol–water partition coefficient (Wildman–Crippen LogP) is 4.22. The number of nitrogens with zero attached hydrogens (tertiary/aromatic N) is 1. The molecule has 0 spiro atoms. The van der Waals surface area contributed by atoms with Crippen LogP contribution in [0.4, 0.5) is 0 Å². The van der Waals surface area contributed by atoms with E-state index in [0.717, 1.165) is 10.5 Å². The second-order valence-electron chi connectivity index (χ2n) is 6.26. The number of carbonyl (C=O) groups is 1. The Labute approximate surface area is 149 Å². The van der Waals surface area contributed by atoms with Gasteiger partial charge in [0.1, 0.15) is 0 Å². The van der Waals surface area contributed by atoms with Gasteiger partial charge in [-0.15, -0.1) is 11.8 Å². The van der Waals surface area contributed by atoms with Gasteiger partial charge in [-0.2, -0.15) is 0 Å². The molecule has 0 aliphatic rings.